The van der Waals surface area contributed by atoms with Crippen LogP contribution < -0.4 is 5.32 Å². The van der Waals surface area contributed by atoms with Gasteiger partial charge in [0.25, 0.3) is 0 Å². The van der Waals surface area contributed by atoms with Gasteiger partial charge >= 0.3 is 0 Å². The smallest absolute Gasteiger partial charge is 0.101 e. The summed E-state index contributed by atoms with van der Waals surface area (Å²) in [7, 11) is 0. The van der Waals surface area contributed by atoms with E-state index in [1.807, 2.05) is 0 Å². The predicted molar refractivity (Wildman–Crippen MR) is 64.3 cm³/mol. The summed E-state index contributed by atoms with van der Waals surface area (Å²) in [6, 6.07) is 5.86. The monoisotopic (exact) mass is 298 g/mol. The Bertz CT molecular complexity index is 336. The van der Waals surface area contributed by atoms with Crippen LogP contribution in [0.2, 0.25) is 0 Å². The van der Waals surface area contributed by atoms with Gasteiger partial charge in [0.1, 0.15) is 3.70 Å². The van der Waals surface area contributed by atoms with Crippen LogP contribution in [0, 0.1) is 3.70 Å². The van der Waals surface area contributed by atoms with Gasteiger partial charge in [0.15, 0.2) is 0 Å². The number of hydrogen-bond donors (Lipinski definition) is 1. The summed E-state index contributed by atoms with van der Waals surface area (Å²) in [6.07, 6.45) is 6.09. The largest absolute Gasteiger partial charge is 0.311 e. The Morgan fingerprint density at radius 3 is 2.86 bits per heavy atom. The number of fused-ring (bicyclic) bond motifs is 2. The Morgan fingerprint density at radius 1 is 1.36 bits per heavy atom. The molecule has 1 aromatic heterocycles. The molecule has 14 heavy (non-hydrogen) atoms. The van der Waals surface area contributed by atoms with E-state index < -0.39 is 0 Å². The van der Waals surface area contributed by atoms with Crippen LogP contribution in [0.3, 0.4) is 0 Å². The molecule has 0 radical (unpaired) electrons. The van der Waals surface area contributed by atoms with Crippen molar-refractivity contribution in [2.75, 3.05) is 0 Å². The van der Waals surface area contributed by atoms with Gasteiger partial charge in [-0.1, -0.05) is 6.07 Å². The third kappa shape index (κ3) is 1.46. The first kappa shape index (κ1) is 9.09. The molecule has 2 nitrogen and oxygen atoms in total. The fourth-order valence-electron chi connectivity index (χ4n) is 2.80. The summed E-state index contributed by atoms with van der Waals surface area (Å²) in [6.45, 7) is 0. The Kier molecular flexibility index (Phi) is 2.24. The molecule has 0 aliphatic carbocycles. The summed E-state index contributed by atoms with van der Waals surface area (Å²) >= 11 is 2.26. The third-order valence-corrected chi connectivity index (χ3v) is 4.12. The van der Waals surface area contributed by atoms with Crippen LogP contribution in [-0.2, 0) is 0 Å². The minimum Gasteiger partial charge on any atom is -0.311 e. The van der Waals surface area contributed by atoms with Gasteiger partial charge in [-0.3, -0.25) is 4.98 Å². The summed E-state index contributed by atoms with van der Waals surface area (Å²) in [5.41, 5.74) is 1.42. The van der Waals surface area contributed by atoms with E-state index in [9.17, 15) is 0 Å². The lowest BCUT2D eigenvalue weighted by Crippen LogP contribution is -2.21. The fourth-order valence-corrected chi connectivity index (χ4v) is 3.12. The minimum absolute atomic E-state index is 0.721. The maximum atomic E-state index is 4.37. The summed E-state index contributed by atoms with van der Waals surface area (Å²) in [4.78, 5) is 4.37. The molecule has 2 bridgehead atoms. The highest BCUT2D eigenvalue weighted by molar-refractivity contribution is 14.1. The standard InChI is InChI=1S/C11H13IN2/c12-11-4-1-7(6-13-11)9-5-8-2-3-10(9)14-8/h1,4,6,8-10,14H,2-3,5H2/t8-,9+,10+/m0/s1/i12-2. The number of halogens is 1. The van der Waals surface area contributed by atoms with Gasteiger partial charge in [0.2, 0.25) is 0 Å². The molecule has 74 valence electrons. The molecule has 0 spiro atoms. The van der Waals surface area contributed by atoms with E-state index in [1.165, 1.54) is 24.8 Å². The molecule has 1 aromatic rings. The highest BCUT2D eigenvalue weighted by Crippen LogP contribution is 2.39. The number of pyridine rings is 1. The van der Waals surface area contributed by atoms with Crippen molar-refractivity contribution >= 4 is 22.6 Å². The average Bonchev–Trinajstić information content (AvgIpc) is 2.80. The summed E-state index contributed by atoms with van der Waals surface area (Å²) < 4.78 is 1.09. The normalized spacial score (nSPS) is 35.1. The van der Waals surface area contributed by atoms with Crippen LogP contribution in [0.25, 0.3) is 0 Å². The first-order valence-electron chi connectivity index (χ1n) is 5.20. The van der Waals surface area contributed by atoms with Crippen molar-refractivity contribution in [1.29, 1.82) is 0 Å². The zero-order chi connectivity index (χ0) is 9.54. The van der Waals surface area contributed by atoms with Crippen LogP contribution in [0.4, 0.5) is 0 Å². The molecular weight excluding hydrogens is 285 g/mol. The molecule has 3 heteroatoms. The number of nitrogens with zero attached hydrogens (tertiary/aromatic N) is 1. The molecule has 3 rings (SSSR count). The number of hydrogen-bond acceptors (Lipinski definition) is 2. The lowest BCUT2D eigenvalue weighted by atomic mass is 9.85. The molecule has 2 saturated heterocycles. The minimum atomic E-state index is 0.721. The second-order valence-electron chi connectivity index (χ2n) is 4.30. The Balaban J connectivity index is 1.86. The Morgan fingerprint density at radius 2 is 2.29 bits per heavy atom. The van der Waals surface area contributed by atoms with Crippen LogP contribution in [0.5, 0.6) is 0 Å². The van der Waals surface area contributed by atoms with Gasteiger partial charge in [0.05, 0.1) is 0 Å². The van der Waals surface area contributed by atoms with Crippen molar-refractivity contribution in [3.05, 3.63) is 27.6 Å². The quantitative estimate of drug-likeness (QED) is 0.635. The topological polar surface area (TPSA) is 24.9 Å². The van der Waals surface area contributed by atoms with Crippen LogP contribution in [-0.4, -0.2) is 17.1 Å². The fraction of sp³-hybridized carbons (Fsp3) is 0.545. The zero-order valence-electron chi connectivity index (χ0n) is 7.91. The molecule has 0 saturated carbocycles. The van der Waals surface area contributed by atoms with Crippen LogP contribution in [0.1, 0.15) is 30.7 Å². The molecule has 3 atom stereocenters. The van der Waals surface area contributed by atoms with Gasteiger partial charge in [-0.05, 0) is 53.5 Å². The van der Waals surface area contributed by atoms with Gasteiger partial charge in [-0.15, -0.1) is 0 Å². The molecule has 0 aromatic carbocycles. The van der Waals surface area contributed by atoms with E-state index >= 15 is 0 Å². The van der Waals surface area contributed by atoms with Crippen LogP contribution >= 0.6 is 22.6 Å². The van der Waals surface area contributed by atoms with Crippen molar-refractivity contribution in [2.24, 2.45) is 0 Å². The van der Waals surface area contributed by atoms with Crippen molar-refractivity contribution in [1.82, 2.24) is 10.3 Å². The lowest BCUT2D eigenvalue weighted by molar-refractivity contribution is 0.505. The number of rotatable bonds is 1. The van der Waals surface area contributed by atoms with E-state index in [0.29, 0.717) is 0 Å². The molecular formula is C11H13IN2. The maximum absolute atomic E-state index is 4.37. The molecule has 2 aliphatic heterocycles. The van der Waals surface area contributed by atoms with Gasteiger partial charge in [-0.25, -0.2) is 0 Å². The lowest BCUT2D eigenvalue weighted by Gasteiger charge is -2.19. The molecule has 3 heterocycles. The molecule has 0 amide bonds. The van der Waals surface area contributed by atoms with Crippen molar-refractivity contribution in [3.63, 3.8) is 0 Å². The SMILES string of the molecule is [125I]c1ccc([C@H]2C[C@@H]3CC[C@H]2N3)cn1. The highest BCUT2D eigenvalue weighted by Gasteiger charge is 2.39. The van der Waals surface area contributed by atoms with E-state index in [2.05, 4.69) is 51.2 Å². The van der Waals surface area contributed by atoms with Crippen molar-refractivity contribution in [2.45, 2.75) is 37.3 Å². The summed E-state index contributed by atoms with van der Waals surface area (Å²) in [5, 5.41) is 3.66. The molecule has 0 unspecified atom stereocenters. The van der Waals surface area contributed by atoms with Crippen LogP contribution in [0.15, 0.2) is 18.3 Å². The van der Waals surface area contributed by atoms with E-state index in [-0.39, 0.29) is 0 Å². The van der Waals surface area contributed by atoms with Gasteiger partial charge in [-0.2, -0.15) is 0 Å². The molecule has 2 fully saturated rings. The van der Waals surface area contributed by atoms with E-state index in [1.54, 1.807) is 0 Å². The second-order valence-corrected chi connectivity index (χ2v) is 5.41. The van der Waals surface area contributed by atoms with Gasteiger partial charge < -0.3 is 5.32 Å². The van der Waals surface area contributed by atoms with Crippen molar-refractivity contribution < 1.29 is 0 Å². The predicted octanol–water partition coefficient (Wildman–Crippen LogP) is 2.29. The third-order valence-electron chi connectivity index (χ3n) is 3.48. The number of nitrogens with one attached hydrogen (secondary N) is 1. The number of aromatic nitrogens is 1. The maximum Gasteiger partial charge on any atom is 0.101 e. The molecule has 1 N–H and O–H groups in total. The highest BCUT2D eigenvalue weighted by atomic mass is 125. The zero-order valence-corrected chi connectivity index (χ0v) is 10.1. The van der Waals surface area contributed by atoms with Crippen molar-refractivity contribution in [3.8, 4) is 0 Å². The van der Waals surface area contributed by atoms with E-state index in [4.69, 9.17) is 0 Å². The second kappa shape index (κ2) is 3.45. The van der Waals surface area contributed by atoms with E-state index in [0.717, 1.165) is 21.7 Å². The Labute approximate surface area is 97.6 Å². The molecule has 2 aliphatic rings. The average molecular weight is 298 g/mol. The summed E-state index contributed by atoms with van der Waals surface area (Å²) in [5.74, 6) is 0.721. The first-order chi connectivity index (χ1) is 6.83. The Hall–Kier alpha value is -0.160. The van der Waals surface area contributed by atoms with Gasteiger partial charge in [0, 0.05) is 24.2 Å². The first-order valence-corrected chi connectivity index (χ1v) is 6.28.